The molecule has 0 saturated carbocycles. The minimum Gasteiger partial charge on any atom is -0.351 e. The van der Waals surface area contributed by atoms with Crippen molar-refractivity contribution in [1.29, 1.82) is 0 Å². The van der Waals surface area contributed by atoms with E-state index in [0.717, 1.165) is 19.3 Å². The molecule has 124 valence electrons. The number of aryl methyl sites for hydroxylation is 2. The molecule has 1 atom stereocenters. The molecular formula is C16H23N5OS. The number of hydrogen-bond donors (Lipinski definition) is 2. The van der Waals surface area contributed by atoms with Gasteiger partial charge in [0, 0.05) is 12.5 Å². The molecule has 1 amide bonds. The summed E-state index contributed by atoms with van der Waals surface area (Å²) >= 11 is 1.72. The first-order valence-corrected chi connectivity index (χ1v) is 8.85. The number of hydrogen-bond acceptors (Lipinski definition) is 6. The van der Waals surface area contributed by atoms with Gasteiger partial charge < -0.3 is 5.32 Å². The molecular weight excluding hydrogens is 310 g/mol. The molecule has 2 heterocycles. The summed E-state index contributed by atoms with van der Waals surface area (Å²) in [5, 5.41) is 10.3. The Hall–Kier alpha value is -2.02. The summed E-state index contributed by atoms with van der Waals surface area (Å²) in [7, 11) is 0. The highest BCUT2D eigenvalue weighted by Gasteiger charge is 2.11. The molecule has 23 heavy (non-hydrogen) atoms. The lowest BCUT2D eigenvalue weighted by molar-refractivity contribution is -0.115. The minimum atomic E-state index is -0.106. The van der Waals surface area contributed by atoms with E-state index in [1.165, 1.54) is 5.56 Å². The van der Waals surface area contributed by atoms with Crippen molar-refractivity contribution in [3.63, 3.8) is 0 Å². The smallest absolute Gasteiger partial charge is 0.234 e. The maximum Gasteiger partial charge on any atom is 0.234 e. The van der Waals surface area contributed by atoms with Crippen LogP contribution in [0.5, 0.6) is 0 Å². The fourth-order valence-electron chi connectivity index (χ4n) is 2.15. The fraction of sp³-hybridized carbons (Fsp3) is 0.500. The molecule has 0 radical (unpaired) electrons. The number of nitrogens with zero attached hydrogens (tertiary/aromatic N) is 3. The van der Waals surface area contributed by atoms with Crippen molar-refractivity contribution in [2.24, 2.45) is 0 Å². The number of anilines is 2. The summed E-state index contributed by atoms with van der Waals surface area (Å²) in [4.78, 5) is 24.2. The molecule has 0 aliphatic heterocycles. The maximum atomic E-state index is 11.5. The van der Waals surface area contributed by atoms with E-state index in [1.54, 1.807) is 25.2 Å². The molecule has 0 aromatic carbocycles. The third kappa shape index (κ3) is 5.59. The zero-order valence-corrected chi connectivity index (χ0v) is 14.6. The number of carbonyl (C=O) groups excluding carboxylic acids is 1. The van der Waals surface area contributed by atoms with Crippen LogP contribution in [0.3, 0.4) is 0 Å². The molecule has 7 heteroatoms. The van der Waals surface area contributed by atoms with Gasteiger partial charge in [0.15, 0.2) is 0 Å². The van der Waals surface area contributed by atoms with Gasteiger partial charge in [-0.05, 0) is 48.6 Å². The number of carbonyl (C=O) groups is 1. The molecule has 2 N–H and O–H groups in total. The van der Waals surface area contributed by atoms with E-state index in [4.69, 9.17) is 0 Å². The predicted octanol–water partition coefficient (Wildman–Crippen LogP) is 3.41. The van der Waals surface area contributed by atoms with Gasteiger partial charge >= 0.3 is 0 Å². The van der Waals surface area contributed by atoms with Crippen molar-refractivity contribution < 1.29 is 4.79 Å². The molecule has 2 aromatic heterocycles. The molecule has 0 spiro atoms. The first kappa shape index (κ1) is 17.3. The van der Waals surface area contributed by atoms with Crippen LogP contribution in [0.2, 0.25) is 0 Å². The molecule has 0 saturated heterocycles. The van der Waals surface area contributed by atoms with Crippen molar-refractivity contribution in [1.82, 2.24) is 15.0 Å². The van der Waals surface area contributed by atoms with E-state index >= 15 is 0 Å². The second kappa shape index (κ2) is 8.57. The van der Waals surface area contributed by atoms with Crippen molar-refractivity contribution in [2.75, 3.05) is 10.6 Å². The van der Waals surface area contributed by atoms with Crippen LogP contribution in [0.1, 0.15) is 44.5 Å². The van der Waals surface area contributed by atoms with Gasteiger partial charge in [0.25, 0.3) is 0 Å². The van der Waals surface area contributed by atoms with E-state index < -0.39 is 0 Å². The van der Waals surface area contributed by atoms with Gasteiger partial charge in [0.2, 0.25) is 17.8 Å². The second-order valence-corrected chi connectivity index (χ2v) is 6.13. The van der Waals surface area contributed by atoms with Gasteiger partial charge in [-0.3, -0.25) is 10.1 Å². The van der Waals surface area contributed by atoms with Gasteiger partial charge in [-0.25, -0.2) is 0 Å². The second-order valence-electron chi connectivity index (χ2n) is 5.35. The summed E-state index contributed by atoms with van der Waals surface area (Å²) in [6, 6.07) is 2.44. The summed E-state index contributed by atoms with van der Waals surface area (Å²) < 4.78 is 0. The largest absolute Gasteiger partial charge is 0.351 e. The van der Waals surface area contributed by atoms with Crippen molar-refractivity contribution in [2.45, 2.75) is 52.5 Å². The van der Waals surface area contributed by atoms with Gasteiger partial charge in [0.05, 0.1) is 0 Å². The standard InChI is InChI=1S/C16H23N5OS/c1-4-13(7-6-12-8-9-23-10-12)19-15-17-11(3)18-16(21-15)20-14(22)5-2/h8-10,13H,4-7H2,1-3H3,(H2,17,18,19,20,21,22). The lowest BCUT2D eigenvalue weighted by Crippen LogP contribution is -2.22. The van der Waals surface area contributed by atoms with Gasteiger partial charge in [0.1, 0.15) is 5.82 Å². The highest BCUT2D eigenvalue weighted by molar-refractivity contribution is 7.07. The number of thiophene rings is 1. The number of aromatic nitrogens is 3. The lowest BCUT2D eigenvalue weighted by atomic mass is 10.1. The summed E-state index contributed by atoms with van der Waals surface area (Å²) in [5.74, 6) is 1.30. The normalized spacial score (nSPS) is 12.0. The highest BCUT2D eigenvalue weighted by atomic mass is 32.1. The van der Waals surface area contributed by atoms with Crippen LogP contribution in [0.15, 0.2) is 16.8 Å². The van der Waals surface area contributed by atoms with Crippen molar-refractivity contribution in [3.05, 3.63) is 28.2 Å². The van der Waals surface area contributed by atoms with Gasteiger partial charge in [-0.15, -0.1) is 0 Å². The van der Waals surface area contributed by atoms with Crippen LogP contribution in [0.25, 0.3) is 0 Å². The van der Waals surface area contributed by atoms with Crippen LogP contribution < -0.4 is 10.6 Å². The molecule has 6 nitrogen and oxygen atoms in total. The van der Waals surface area contributed by atoms with Gasteiger partial charge in [-0.1, -0.05) is 13.8 Å². The molecule has 0 aliphatic rings. The first-order valence-electron chi connectivity index (χ1n) is 7.90. The van der Waals surface area contributed by atoms with E-state index in [0.29, 0.717) is 24.1 Å². The Labute approximate surface area is 140 Å². The quantitative estimate of drug-likeness (QED) is 0.774. The zero-order chi connectivity index (χ0) is 16.7. The zero-order valence-electron chi connectivity index (χ0n) is 13.8. The van der Waals surface area contributed by atoms with Crippen molar-refractivity contribution in [3.8, 4) is 0 Å². The third-order valence-electron chi connectivity index (χ3n) is 3.51. The Kier molecular flexibility index (Phi) is 6.46. The number of rotatable bonds is 8. The summed E-state index contributed by atoms with van der Waals surface area (Å²) in [6.07, 6.45) is 3.41. The lowest BCUT2D eigenvalue weighted by Gasteiger charge is -2.17. The Balaban J connectivity index is 2.00. The average Bonchev–Trinajstić information content (AvgIpc) is 3.04. The Morgan fingerprint density at radius 2 is 2.04 bits per heavy atom. The van der Waals surface area contributed by atoms with Crippen LogP contribution in [0.4, 0.5) is 11.9 Å². The molecule has 1 unspecified atom stereocenters. The van der Waals surface area contributed by atoms with Crippen LogP contribution in [-0.2, 0) is 11.2 Å². The van der Waals surface area contributed by atoms with Crippen LogP contribution in [0, 0.1) is 6.92 Å². The summed E-state index contributed by atoms with van der Waals surface area (Å²) in [5.41, 5.74) is 1.36. The molecule has 0 fully saturated rings. The van der Waals surface area contributed by atoms with Crippen LogP contribution >= 0.6 is 11.3 Å². The number of nitrogens with one attached hydrogen (secondary N) is 2. The topological polar surface area (TPSA) is 79.8 Å². The summed E-state index contributed by atoms with van der Waals surface area (Å²) in [6.45, 7) is 5.72. The monoisotopic (exact) mass is 333 g/mol. The third-order valence-corrected chi connectivity index (χ3v) is 4.24. The SMILES string of the molecule is CCC(=O)Nc1nc(C)nc(NC(CC)CCc2ccsc2)n1. The van der Waals surface area contributed by atoms with E-state index in [9.17, 15) is 4.79 Å². The Bertz CT molecular complexity index is 629. The van der Waals surface area contributed by atoms with Crippen molar-refractivity contribution >= 4 is 29.1 Å². The molecule has 0 bridgehead atoms. The predicted molar refractivity (Wildman–Crippen MR) is 93.8 cm³/mol. The maximum absolute atomic E-state index is 11.5. The number of amides is 1. The Morgan fingerprint density at radius 3 is 2.70 bits per heavy atom. The van der Waals surface area contributed by atoms with E-state index in [-0.39, 0.29) is 11.9 Å². The molecule has 2 aromatic rings. The first-order chi connectivity index (χ1) is 11.1. The van der Waals surface area contributed by atoms with Crippen LogP contribution in [-0.4, -0.2) is 26.9 Å². The Morgan fingerprint density at radius 1 is 1.26 bits per heavy atom. The molecule has 2 rings (SSSR count). The average molecular weight is 333 g/mol. The van der Waals surface area contributed by atoms with E-state index in [1.807, 2.05) is 0 Å². The van der Waals surface area contributed by atoms with Gasteiger partial charge in [-0.2, -0.15) is 26.3 Å². The fourth-order valence-corrected chi connectivity index (χ4v) is 2.86. The van der Waals surface area contributed by atoms with E-state index in [2.05, 4.69) is 49.3 Å². The highest BCUT2D eigenvalue weighted by Crippen LogP contribution is 2.14. The minimum absolute atomic E-state index is 0.106. The molecule has 0 aliphatic carbocycles.